The van der Waals surface area contributed by atoms with Crippen molar-refractivity contribution in [2.75, 3.05) is 13.1 Å². The third-order valence-corrected chi connectivity index (χ3v) is 6.01. The monoisotopic (exact) mass is 690 g/mol. The van der Waals surface area contributed by atoms with Gasteiger partial charge in [0.1, 0.15) is 0 Å². The molecule has 2 amide bonds. The predicted octanol–water partition coefficient (Wildman–Crippen LogP) is 0.443. The van der Waals surface area contributed by atoms with Gasteiger partial charge in [-0.1, -0.05) is 0 Å². The summed E-state index contributed by atoms with van der Waals surface area (Å²) in [6.07, 6.45) is -3.36. The van der Waals surface area contributed by atoms with E-state index >= 15 is 0 Å². The highest BCUT2D eigenvalue weighted by Gasteiger charge is 2.26. The van der Waals surface area contributed by atoms with E-state index in [1.54, 1.807) is 6.07 Å². The first kappa shape index (κ1) is 23.2. The lowest BCUT2D eigenvalue weighted by atomic mass is 10.1. The normalized spacial score (nSPS) is 11.2. The molecule has 0 bridgehead atoms. The molecule has 0 spiro atoms. The van der Waals surface area contributed by atoms with E-state index in [0.717, 1.165) is 0 Å². The van der Waals surface area contributed by atoms with E-state index in [0.29, 0.717) is 10.7 Å². The highest BCUT2D eigenvalue weighted by molar-refractivity contribution is 14.1. The van der Waals surface area contributed by atoms with Crippen molar-refractivity contribution in [1.29, 1.82) is 0 Å². The summed E-state index contributed by atoms with van der Waals surface area (Å²) in [7, 11) is 0. The van der Waals surface area contributed by atoms with Crippen LogP contribution in [-0.2, 0) is 0 Å². The van der Waals surface area contributed by atoms with Crippen molar-refractivity contribution < 1.29 is 30.0 Å². The van der Waals surface area contributed by atoms with Gasteiger partial charge in [0.2, 0.25) is 0 Å². The molecule has 25 heavy (non-hydrogen) atoms. The number of nitrogens with zero attached hydrogens (tertiary/aromatic N) is 1. The van der Waals surface area contributed by atoms with Crippen molar-refractivity contribution in [2.24, 2.45) is 5.73 Å². The van der Waals surface area contributed by atoms with Crippen molar-refractivity contribution in [1.82, 2.24) is 4.90 Å². The summed E-state index contributed by atoms with van der Waals surface area (Å²) in [5, 5.41) is 36.2. The number of aliphatic hydroxyl groups is 4. The number of hydrogen-bond donors (Lipinski definition) is 5. The van der Waals surface area contributed by atoms with Gasteiger partial charge in [-0.25, -0.2) is 0 Å². The molecule has 0 unspecified atom stereocenters. The minimum absolute atomic E-state index is 0.00721. The Hall–Kier alpha value is 0.190. The van der Waals surface area contributed by atoms with Gasteiger partial charge in [-0.15, -0.1) is 0 Å². The maximum absolute atomic E-state index is 12.9. The van der Waals surface area contributed by atoms with Crippen LogP contribution in [0.2, 0.25) is 0 Å². The van der Waals surface area contributed by atoms with Crippen LogP contribution in [0.15, 0.2) is 6.07 Å². The Balaban J connectivity index is 3.26. The lowest BCUT2D eigenvalue weighted by molar-refractivity contribution is -0.0568. The van der Waals surface area contributed by atoms with Gasteiger partial charge in [0, 0.05) is 36.6 Å². The summed E-state index contributed by atoms with van der Waals surface area (Å²) in [5.74, 6) is -1.10. The number of nitrogens with two attached hydrogens (primary N) is 1. The number of carbonyl (C=O) groups excluding carboxylic acids is 2. The summed E-state index contributed by atoms with van der Waals surface area (Å²) in [5.41, 5.74) is 5.92. The highest BCUT2D eigenvalue weighted by Crippen LogP contribution is 2.28. The number of hydrogen-bond acceptors (Lipinski definition) is 6. The maximum Gasteiger partial charge on any atom is 0.256 e. The van der Waals surface area contributed by atoms with Crippen molar-refractivity contribution in [3.63, 3.8) is 0 Å². The Morgan fingerprint density at radius 3 is 1.80 bits per heavy atom. The molecule has 0 saturated carbocycles. The number of rotatable bonds is 8. The number of amides is 2. The summed E-state index contributed by atoms with van der Waals surface area (Å²) in [6, 6.07) is 1.66. The van der Waals surface area contributed by atoms with E-state index in [9.17, 15) is 9.59 Å². The molecule has 0 fully saturated rings. The summed E-state index contributed by atoms with van der Waals surface area (Å²) >= 11 is 5.83. The largest absolute Gasteiger partial charge is 0.368 e. The second-order valence-electron chi connectivity index (χ2n) is 5.10. The van der Waals surface area contributed by atoms with Gasteiger partial charge in [-0.2, -0.15) is 0 Å². The van der Waals surface area contributed by atoms with Gasteiger partial charge >= 0.3 is 0 Å². The number of primary amides is 1. The Kier molecular flexibility index (Phi) is 9.76. The van der Waals surface area contributed by atoms with E-state index in [1.807, 2.05) is 67.8 Å². The summed E-state index contributed by atoms with van der Waals surface area (Å²) < 4.78 is 1.64. The molecule has 0 radical (unpaired) electrons. The molecule has 0 saturated heterocycles. The van der Waals surface area contributed by atoms with Gasteiger partial charge in [0.25, 0.3) is 11.8 Å². The first-order chi connectivity index (χ1) is 11.6. The third kappa shape index (κ3) is 6.69. The smallest absolute Gasteiger partial charge is 0.256 e. The number of carbonyl (C=O) groups is 2. The number of aliphatic hydroxyl groups excluding tert-OH is 2. The zero-order valence-corrected chi connectivity index (χ0v) is 19.3. The Bertz CT molecular complexity index is 642. The standard InChI is InChI=1S/C14H17I3N2O6/c15-6-5-7(16)11(12(17)10(6)13(18)24)14(25)19(3-1-8(20)21)4-2-9(22)23/h5,8-9,20-23H,1-4H2,(H2,18,24). The first-order valence-electron chi connectivity index (χ1n) is 7.05. The van der Waals surface area contributed by atoms with E-state index in [1.165, 1.54) is 4.90 Å². The SMILES string of the molecule is NC(=O)c1c(I)cc(I)c(C(=O)N(CCC(O)O)CCC(O)O)c1I. The molecule has 0 aliphatic heterocycles. The van der Waals surface area contributed by atoms with Crippen LogP contribution < -0.4 is 5.73 Å². The molecule has 1 aromatic carbocycles. The number of benzene rings is 1. The van der Waals surface area contributed by atoms with Crippen LogP contribution >= 0.6 is 67.8 Å². The second kappa shape index (κ2) is 10.5. The van der Waals surface area contributed by atoms with Crippen molar-refractivity contribution in [3.8, 4) is 0 Å². The minimum atomic E-state index is -1.59. The van der Waals surface area contributed by atoms with Gasteiger partial charge in [0.05, 0.1) is 11.1 Å². The average Bonchev–Trinajstić information content (AvgIpc) is 2.45. The van der Waals surface area contributed by atoms with E-state index in [4.69, 9.17) is 26.2 Å². The lowest BCUT2D eigenvalue weighted by Crippen LogP contribution is -2.37. The van der Waals surface area contributed by atoms with Crippen LogP contribution in [0.25, 0.3) is 0 Å². The minimum Gasteiger partial charge on any atom is -0.368 e. The molecule has 0 heterocycles. The molecular weight excluding hydrogens is 673 g/mol. The van der Waals surface area contributed by atoms with Crippen LogP contribution in [0, 0.1) is 10.7 Å². The molecule has 8 nitrogen and oxygen atoms in total. The van der Waals surface area contributed by atoms with Gasteiger partial charge in [0.15, 0.2) is 12.6 Å². The molecule has 0 aliphatic rings. The fourth-order valence-electron chi connectivity index (χ4n) is 2.03. The van der Waals surface area contributed by atoms with Gasteiger partial charge in [-0.3, -0.25) is 9.59 Å². The fraction of sp³-hybridized carbons (Fsp3) is 0.429. The first-order valence-corrected chi connectivity index (χ1v) is 10.3. The van der Waals surface area contributed by atoms with Crippen LogP contribution in [-0.4, -0.2) is 62.8 Å². The molecule has 11 heteroatoms. The Morgan fingerprint density at radius 2 is 1.40 bits per heavy atom. The summed E-state index contributed by atoms with van der Waals surface area (Å²) in [4.78, 5) is 25.9. The molecular formula is C14H17I3N2O6. The number of halogens is 3. The van der Waals surface area contributed by atoms with Crippen LogP contribution in [0.5, 0.6) is 0 Å². The topological polar surface area (TPSA) is 144 Å². The molecule has 0 atom stereocenters. The highest BCUT2D eigenvalue weighted by atomic mass is 127. The summed E-state index contributed by atoms with van der Waals surface area (Å²) in [6.45, 7) is 0.0144. The molecule has 1 rings (SSSR count). The van der Waals surface area contributed by atoms with Crippen LogP contribution in [0.4, 0.5) is 0 Å². The van der Waals surface area contributed by atoms with Crippen molar-refractivity contribution >= 4 is 79.6 Å². The molecule has 1 aromatic rings. The third-order valence-electron chi connectivity index (χ3n) is 3.23. The fourth-order valence-corrected chi connectivity index (χ4v) is 6.39. The predicted molar refractivity (Wildman–Crippen MR) is 115 cm³/mol. The van der Waals surface area contributed by atoms with Crippen molar-refractivity contribution in [3.05, 3.63) is 27.9 Å². The zero-order chi connectivity index (χ0) is 19.3. The Morgan fingerprint density at radius 1 is 0.960 bits per heavy atom. The Labute approximate surface area is 185 Å². The van der Waals surface area contributed by atoms with Gasteiger partial charge < -0.3 is 31.1 Å². The van der Waals surface area contributed by atoms with Gasteiger partial charge in [-0.05, 0) is 73.8 Å². The van der Waals surface area contributed by atoms with Crippen molar-refractivity contribution in [2.45, 2.75) is 25.4 Å². The van der Waals surface area contributed by atoms with E-state index in [-0.39, 0.29) is 37.1 Å². The maximum atomic E-state index is 12.9. The lowest BCUT2D eigenvalue weighted by Gasteiger charge is -2.25. The quantitative estimate of drug-likeness (QED) is 0.198. The average molecular weight is 690 g/mol. The molecule has 0 aliphatic carbocycles. The van der Waals surface area contributed by atoms with Crippen LogP contribution in [0.1, 0.15) is 33.6 Å². The molecule has 0 aromatic heterocycles. The molecule has 6 N–H and O–H groups in total. The zero-order valence-electron chi connectivity index (χ0n) is 12.8. The van der Waals surface area contributed by atoms with E-state index < -0.39 is 24.4 Å². The van der Waals surface area contributed by atoms with Crippen LogP contribution in [0.3, 0.4) is 0 Å². The second-order valence-corrected chi connectivity index (χ2v) is 8.50. The van der Waals surface area contributed by atoms with E-state index in [2.05, 4.69) is 0 Å². The molecule has 140 valence electrons.